The zero-order chi connectivity index (χ0) is 23.8. The van der Waals surface area contributed by atoms with Gasteiger partial charge in [0.05, 0.1) is 10.4 Å². The number of nitrogens with one attached hydrogen (secondary N) is 3. The zero-order valence-corrected chi connectivity index (χ0v) is 20.0. The van der Waals surface area contributed by atoms with Gasteiger partial charge in [-0.25, -0.2) is 13.1 Å². The van der Waals surface area contributed by atoms with Gasteiger partial charge in [-0.2, -0.15) is 0 Å². The molecule has 0 aliphatic rings. The molecule has 8 nitrogen and oxygen atoms in total. The molecule has 0 atom stereocenters. The highest BCUT2D eigenvalue weighted by Crippen LogP contribution is 2.24. The first kappa shape index (κ1) is 24.8. The predicted molar refractivity (Wildman–Crippen MR) is 130 cm³/mol. The smallest absolute Gasteiger partial charge is 0.258 e. The number of anilines is 1. The van der Waals surface area contributed by atoms with Crippen molar-refractivity contribution in [1.82, 2.24) is 15.0 Å². The number of sulfonamides is 1. The molecule has 0 spiro atoms. The first-order chi connectivity index (χ1) is 15.7. The van der Waals surface area contributed by atoms with Gasteiger partial charge in [0.2, 0.25) is 10.0 Å². The average molecular weight is 491 g/mol. The summed E-state index contributed by atoms with van der Waals surface area (Å²) in [6.07, 6.45) is 1.70. The lowest BCUT2D eigenvalue weighted by Gasteiger charge is -2.11. The van der Waals surface area contributed by atoms with E-state index in [0.717, 1.165) is 16.6 Å². The second kappa shape index (κ2) is 11.3. The van der Waals surface area contributed by atoms with Crippen molar-refractivity contribution >= 4 is 44.1 Å². The van der Waals surface area contributed by atoms with Gasteiger partial charge >= 0.3 is 0 Å². The number of carbonyl (C=O) groups is 1. The Hall–Kier alpha value is -2.88. The second-order valence-electron chi connectivity index (χ2n) is 7.80. The summed E-state index contributed by atoms with van der Waals surface area (Å²) in [5.41, 5.74) is 1.69. The molecule has 0 saturated heterocycles. The maximum Gasteiger partial charge on any atom is 0.258 e. The van der Waals surface area contributed by atoms with E-state index in [2.05, 4.69) is 20.3 Å². The number of aromatic nitrogens is 1. The second-order valence-corrected chi connectivity index (χ2v) is 10.0. The van der Waals surface area contributed by atoms with E-state index in [1.807, 2.05) is 26.0 Å². The molecule has 1 aromatic heterocycles. The number of rotatable bonds is 11. The summed E-state index contributed by atoms with van der Waals surface area (Å²) in [4.78, 5) is 16.5. The molecule has 33 heavy (non-hydrogen) atoms. The predicted octanol–water partition coefficient (Wildman–Crippen LogP) is 3.43. The number of pyridine rings is 1. The lowest BCUT2D eigenvalue weighted by molar-refractivity contribution is -0.123. The molecule has 3 rings (SSSR count). The molecule has 0 saturated carbocycles. The first-order valence-electron chi connectivity index (χ1n) is 10.5. The first-order valence-corrected chi connectivity index (χ1v) is 12.4. The molecule has 3 aromatic rings. The van der Waals surface area contributed by atoms with E-state index >= 15 is 0 Å². The number of hydrogen-bond donors (Lipinski definition) is 3. The van der Waals surface area contributed by atoms with Crippen LogP contribution in [0.1, 0.15) is 13.8 Å². The van der Waals surface area contributed by atoms with Crippen LogP contribution < -0.4 is 20.1 Å². The van der Waals surface area contributed by atoms with Crippen LogP contribution >= 0.6 is 11.6 Å². The summed E-state index contributed by atoms with van der Waals surface area (Å²) in [5, 5.41) is 7.62. The van der Waals surface area contributed by atoms with Crippen molar-refractivity contribution in [1.29, 1.82) is 0 Å². The molecule has 0 aliphatic carbocycles. The van der Waals surface area contributed by atoms with Crippen molar-refractivity contribution in [3.05, 3.63) is 59.8 Å². The summed E-state index contributed by atoms with van der Waals surface area (Å²) in [5.74, 6) is 0.339. The monoisotopic (exact) mass is 490 g/mol. The lowest BCUT2D eigenvalue weighted by atomic mass is 10.2. The molecular weight excluding hydrogens is 464 g/mol. The van der Waals surface area contributed by atoms with Crippen molar-refractivity contribution in [2.75, 3.05) is 31.6 Å². The van der Waals surface area contributed by atoms with E-state index in [0.29, 0.717) is 30.4 Å². The van der Waals surface area contributed by atoms with Crippen LogP contribution in [0.2, 0.25) is 5.02 Å². The summed E-state index contributed by atoms with van der Waals surface area (Å²) in [6.45, 7) is 4.97. The largest absolute Gasteiger partial charge is 0.484 e. The molecule has 0 unspecified atom stereocenters. The highest BCUT2D eigenvalue weighted by Gasteiger charge is 2.14. The fraction of sp³-hybridized carbons (Fsp3) is 0.304. The molecular formula is C23H27ClN4O4S. The number of benzene rings is 2. The molecule has 3 N–H and O–H groups in total. The number of amides is 1. The third-order valence-corrected chi connectivity index (χ3v) is 6.33. The van der Waals surface area contributed by atoms with Crippen LogP contribution in [0.25, 0.3) is 10.9 Å². The maximum atomic E-state index is 12.2. The van der Waals surface area contributed by atoms with Gasteiger partial charge in [-0.3, -0.25) is 9.78 Å². The van der Waals surface area contributed by atoms with E-state index < -0.39 is 10.0 Å². The number of fused-ring (bicyclic) bond motifs is 1. The lowest BCUT2D eigenvalue weighted by Crippen LogP contribution is -2.32. The van der Waals surface area contributed by atoms with Crippen LogP contribution in [0.5, 0.6) is 5.75 Å². The number of ether oxygens (including phenoxy) is 1. The van der Waals surface area contributed by atoms with Crippen LogP contribution in [-0.4, -0.2) is 45.6 Å². The standard InChI is InChI=1S/C23H27ClN4O4S/c1-16(2)14-28-33(30,31)19-6-4-18(5-7-19)32-15-23(29)27-12-11-26-21-9-10-25-22-13-17(24)3-8-20(21)22/h3-10,13,16,28H,11-12,14-15H2,1-2H3,(H,25,26)(H,27,29). The van der Waals surface area contributed by atoms with Crippen molar-refractivity contribution in [2.24, 2.45) is 5.92 Å². The molecule has 0 aliphatic heterocycles. The summed E-state index contributed by atoms with van der Waals surface area (Å²) >= 11 is 6.01. The van der Waals surface area contributed by atoms with E-state index in [9.17, 15) is 13.2 Å². The fourth-order valence-corrected chi connectivity index (χ4v) is 4.33. The molecule has 1 amide bonds. The quantitative estimate of drug-likeness (QED) is 0.355. The topological polar surface area (TPSA) is 109 Å². The fourth-order valence-electron chi connectivity index (χ4n) is 2.95. The Morgan fingerprint density at radius 2 is 1.85 bits per heavy atom. The van der Waals surface area contributed by atoms with Gasteiger partial charge in [0.1, 0.15) is 5.75 Å². The van der Waals surface area contributed by atoms with Crippen LogP contribution in [-0.2, 0) is 14.8 Å². The van der Waals surface area contributed by atoms with Crippen molar-refractivity contribution in [3.8, 4) is 5.75 Å². The highest BCUT2D eigenvalue weighted by atomic mass is 35.5. The van der Waals surface area contributed by atoms with E-state index in [4.69, 9.17) is 16.3 Å². The molecule has 0 fully saturated rings. The zero-order valence-electron chi connectivity index (χ0n) is 18.5. The van der Waals surface area contributed by atoms with Crippen LogP contribution in [0.15, 0.2) is 59.6 Å². The van der Waals surface area contributed by atoms with Gasteiger partial charge in [0.25, 0.3) is 5.91 Å². The van der Waals surface area contributed by atoms with Gasteiger partial charge in [-0.1, -0.05) is 25.4 Å². The molecule has 176 valence electrons. The van der Waals surface area contributed by atoms with Gasteiger partial charge < -0.3 is 15.4 Å². The Labute approximate surface area is 198 Å². The SMILES string of the molecule is CC(C)CNS(=O)(=O)c1ccc(OCC(=O)NCCNc2ccnc3cc(Cl)ccc23)cc1. The van der Waals surface area contributed by atoms with Gasteiger partial charge in [-0.15, -0.1) is 0 Å². The number of halogens is 1. The normalized spacial score (nSPS) is 11.5. The van der Waals surface area contributed by atoms with E-state index in [1.165, 1.54) is 24.3 Å². The highest BCUT2D eigenvalue weighted by molar-refractivity contribution is 7.89. The number of carbonyl (C=O) groups excluding carboxylic acids is 1. The van der Waals surface area contributed by atoms with Crippen molar-refractivity contribution in [2.45, 2.75) is 18.7 Å². The molecule has 10 heteroatoms. The van der Waals surface area contributed by atoms with E-state index in [1.54, 1.807) is 18.3 Å². The summed E-state index contributed by atoms with van der Waals surface area (Å²) in [7, 11) is -3.56. The van der Waals surface area contributed by atoms with Crippen molar-refractivity contribution < 1.29 is 17.9 Å². The Morgan fingerprint density at radius 1 is 1.09 bits per heavy atom. The Balaban J connectivity index is 1.42. The molecule has 0 radical (unpaired) electrons. The third kappa shape index (κ3) is 7.31. The van der Waals surface area contributed by atoms with Crippen LogP contribution in [0.3, 0.4) is 0 Å². The maximum absolute atomic E-state index is 12.2. The Morgan fingerprint density at radius 3 is 2.58 bits per heavy atom. The number of nitrogens with zero attached hydrogens (tertiary/aromatic N) is 1. The Kier molecular flexibility index (Phi) is 8.49. The molecule has 1 heterocycles. The minimum atomic E-state index is -3.56. The minimum absolute atomic E-state index is 0.150. The minimum Gasteiger partial charge on any atom is -0.484 e. The van der Waals surface area contributed by atoms with Crippen LogP contribution in [0, 0.1) is 5.92 Å². The third-order valence-electron chi connectivity index (χ3n) is 4.65. The average Bonchev–Trinajstić information content (AvgIpc) is 2.79. The van der Waals surface area contributed by atoms with Gasteiger partial charge in [0, 0.05) is 41.9 Å². The van der Waals surface area contributed by atoms with Gasteiger partial charge in [0.15, 0.2) is 6.61 Å². The van der Waals surface area contributed by atoms with Crippen molar-refractivity contribution in [3.63, 3.8) is 0 Å². The molecule has 2 aromatic carbocycles. The van der Waals surface area contributed by atoms with Gasteiger partial charge in [-0.05, 0) is 54.4 Å². The Bertz CT molecular complexity index is 1200. The number of hydrogen-bond acceptors (Lipinski definition) is 6. The summed E-state index contributed by atoms with van der Waals surface area (Å²) in [6, 6.07) is 13.3. The molecule has 0 bridgehead atoms. The van der Waals surface area contributed by atoms with Crippen LogP contribution in [0.4, 0.5) is 5.69 Å². The summed E-state index contributed by atoms with van der Waals surface area (Å²) < 4.78 is 32.4. The van der Waals surface area contributed by atoms with E-state index in [-0.39, 0.29) is 23.3 Å².